The number of hydrogen-bond acceptors (Lipinski definition) is 4. The van der Waals surface area contributed by atoms with E-state index in [0.29, 0.717) is 5.92 Å². The Morgan fingerprint density at radius 1 is 0.774 bits per heavy atom. The third-order valence-corrected chi connectivity index (χ3v) is 4.35. The van der Waals surface area contributed by atoms with Crippen molar-refractivity contribution >= 4 is 18.0 Å². The number of benzene rings is 2. The van der Waals surface area contributed by atoms with Crippen LogP contribution >= 0.6 is 0 Å². The molecule has 9 heteroatoms. The molecule has 0 bridgehead atoms. The van der Waals surface area contributed by atoms with Gasteiger partial charge in [-0.25, -0.2) is 31.3 Å². The van der Waals surface area contributed by atoms with Crippen molar-refractivity contribution in [1.29, 1.82) is 0 Å². The SMILES string of the molecule is CC(C)Cc1ccc(C(C)C(=O)NNC(=O)NNC(=O)NOCc2ccccc2)cc1. The fourth-order valence-corrected chi connectivity index (χ4v) is 2.72. The number of carbonyl (C=O) groups is 3. The smallest absolute Gasteiger partial charge is 0.273 e. The zero-order valence-electron chi connectivity index (χ0n) is 17.9. The lowest BCUT2D eigenvalue weighted by atomic mass is 9.96. The summed E-state index contributed by atoms with van der Waals surface area (Å²) >= 11 is 0. The van der Waals surface area contributed by atoms with Crippen molar-refractivity contribution in [3.8, 4) is 0 Å². The molecule has 1 atom stereocenters. The van der Waals surface area contributed by atoms with Gasteiger partial charge in [-0.05, 0) is 36.0 Å². The first-order chi connectivity index (χ1) is 14.8. The van der Waals surface area contributed by atoms with Crippen LogP contribution < -0.4 is 27.2 Å². The number of rotatable bonds is 7. The molecule has 0 aliphatic carbocycles. The molecule has 31 heavy (non-hydrogen) atoms. The van der Waals surface area contributed by atoms with Gasteiger partial charge in [-0.1, -0.05) is 68.4 Å². The van der Waals surface area contributed by atoms with Crippen molar-refractivity contribution in [2.45, 2.75) is 39.7 Å². The minimum Gasteiger partial charge on any atom is -0.273 e. The van der Waals surface area contributed by atoms with Crippen LogP contribution in [0.15, 0.2) is 54.6 Å². The van der Waals surface area contributed by atoms with Crippen molar-refractivity contribution in [2.75, 3.05) is 0 Å². The Bertz CT molecular complexity index is 856. The predicted octanol–water partition coefficient (Wildman–Crippen LogP) is 2.67. The summed E-state index contributed by atoms with van der Waals surface area (Å²) in [5.41, 5.74) is 13.7. The molecule has 0 heterocycles. The summed E-state index contributed by atoms with van der Waals surface area (Å²) in [6.45, 7) is 6.21. The van der Waals surface area contributed by atoms with Gasteiger partial charge in [0.15, 0.2) is 0 Å². The van der Waals surface area contributed by atoms with Crippen LogP contribution in [0.4, 0.5) is 9.59 Å². The number of urea groups is 2. The highest BCUT2D eigenvalue weighted by Gasteiger charge is 2.16. The third-order valence-electron chi connectivity index (χ3n) is 4.35. The van der Waals surface area contributed by atoms with Gasteiger partial charge in [0.25, 0.3) is 0 Å². The number of hydroxylamine groups is 1. The molecule has 0 fully saturated rings. The molecular weight excluding hydrogens is 398 g/mol. The summed E-state index contributed by atoms with van der Waals surface area (Å²) in [6, 6.07) is 15.5. The molecule has 1 unspecified atom stereocenters. The molecule has 5 N–H and O–H groups in total. The highest BCUT2D eigenvalue weighted by molar-refractivity contribution is 5.86. The molecule has 2 rings (SSSR count). The number of carbonyl (C=O) groups excluding carboxylic acids is 3. The summed E-state index contributed by atoms with van der Waals surface area (Å²) in [6.07, 6.45) is 0.973. The van der Waals surface area contributed by atoms with Crippen molar-refractivity contribution in [3.63, 3.8) is 0 Å². The molecule has 0 aliphatic rings. The minimum atomic E-state index is -0.814. The fraction of sp³-hybridized carbons (Fsp3) is 0.318. The van der Waals surface area contributed by atoms with Crippen molar-refractivity contribution in [2.24, 2.45) is 5.92 Å². The zero-order chi connectivity index (χ0) is 22.6. The normalized spacial score (nSPS) is 11.4. The summed E-state index contributed by atoms with van der Waals surface area (Å²) in [5.74, 6) is -0.293. The van der Waals surface area contributed by atoms with Crippen LogP contribution in [0.5, 0.6) is 0 Å². The molecule has 0 saturated carbocycles. The highest BCUT2D eigenvalue weighted by atomic mass is 16.7. The van der Waals surface area contributed by atoms with Crippen LogP contribution in [0.3, 0.4) is 0 Å². The molecule has 5 amide bonds. The molecule has 2 aromatic carbocycles. The van der Waals surface area contributed by atoms with Crippen molar-refractivity contribution < 1.29 is 19.2 Å². The molecule has 0 spiro atoms. The minimum absolute atomic E-state index is 0.173. The van der Waals surface area contributed by atoms with Gasteiger partial charge in [0, 0.05) is 0 Å². The highest BCUT2D eigenvalue weighted by Crippen LogP contribution is 2.17. The summed E-state index contributed by atoms with van der Waals surface area (Å²) in [7, 11) is 0. The summed E-state index contributed by atoms with van der Waals surface area (Å²) < 4.78 is 0. The Morgan fingerprint density at radius 2 is 1.39 bits per heavy atom. The quantitative estimate of drug-likeness (QED) is 0.436. The first-order valence-corrected chi connectivity index (χ1v) is 10.0. The van der Waals surface area contributed by atoms with Crippen molar-refractivity contribution in [3.05, 3.63) is 71.3 Å². The first-order valence-electron chi connectivity index (χ1n) is 10.0. The van der Waals surface area contributed by atoms with Crippen LogP contribution in [0.1, 0.15) is 43.4 Å². The first kappa shape index (κ1) is 23.7. The van der Waals surface area contributed by atoms with Crippen LogP contribution in [0.2, 0.25) is 0 Å². The van der Waals surface area contributed by atoms with Gasteiger partial charge in [-0.3, -0.25) is 15.1 Å². The van der Waals surface area contributed by atoms with E-state index in [1.54, 1.807) is 6.92 Å². The Morgan fingerprint density at radius 3 is 2.03 bits per heavy atom. The molecule has 0 aliphatic heterocycles. The van der Waals surface area contributed by atoms with Gasteiger partial charge in [0.2, 0.25) is 5.91 Å². The van der Waals surface area contributed by atoms with Gasteiger partial charge in [0.05, 0.1) is 12.5 Å². The van der Waals surface area contributed by atoms with E-state index in [1.165, 1.54) is 5.56 Å². The Hall–Kier alpha value is -3.59. The molecular formula is C22H29N5O4. The van der Waals surface area contributed by atoms with Crippen LogP contribution in [0, 0.1) is 5.92 Å². The average Bonchev–Trinajstić information content (AvgIpc) is 2.76. The number of nitrogens with one attached hydrogen (secondary N) is 5. The van der Waals surface area contributed by atoms with Crippen LogP contribution in [-0.2, 0) is 22.7 Å². The molecule has 0 saturated heterocycles. The largest absolute Gasteiger partial charge is 0.357 e. The molecule has 9 nitrogen and oxygen atoms in total. The maximum absolute atomic E-state index is 12.3. The van der Waals surface area contributed by atoms with E-state index >= 15 is 0 Å². The van der Waals surface area contributed by atoms with Crippen LogP contribution in [-0.4, -0.2) is 18.0 Å². The fourth-order valence-electron chi connectivity index (χ4n) is 2.72. The second-order valence-electron chi connectivity index (χ2n) is 7.46. The second-order valence-corrected chi connectivity index (χ2v) is 7.46. The molecule has 0 aromatic heterocycles. The van der Waals surface area contributed by atoms with Gasteiger partial charge < -0.3 is 0 Å². The van der Waals surface area contributed by atoms with E-state index < -0.39 is 18.0 Å². The average molecular weight is 428 g/mol. The van der Waals surface area contributed by atoms with E-state index in [1.807, 2.05) is 54.6 Å². The Balaban J connectivity index is 1.65. The van der Waals surface area contributed by atoms with Gasteiger partial charge in [0.1, 0.15) is 0 Å². The van der Waals surface area contributed by atoms with Crippen LogP contribution in [0.25, 0.3) is 0 Å². The van der Waals surface area contributed by atoms with Gasteiger partial charge >= 0.3 is 12.1 Å². The maximum atomic E-state index is 12.3. The summed E-state index contributed by atoms with van der Waals surface area (Å²) in [5, 5.41) is 0. The number of hydrogen-bond donors (Lipinski definition) is 5. The van der Waals surface area contributed by atoms with E-state index in [9.17, 15) is 14.4 Å². The van der Waals surface area contributed by atoms with Gasteiger partial charge in [-0.2, -0.15) is 0 Å². The molecule has 0 radical (unpaired) electrons. The standard InChI is InChI=1S/C22H29N5O4/c1-15(2)13-17-9-11-19(12-10-17)16(3)20(28)23-24-21(29)25-26-22(30)27-31-14-18-7-5-4-6-8-18/h4-12,15-16H,13-14H2,1-3H3,(H,23,28)(H2,24,25,29)(H2,26,27,30). The predicted molar refractivity (Wildman–Crippen MR) is 116 cm³/mol. The lowest BCUT2D eigenvalue weighted by molar-refractivity contribution is -0.122. The molecule has 2 aromatic rings. The number of amides is 5. The monoisotopic (exact) mass is 427 g/mol. The maximum Gasteiger partial charge on any atom is 0.357 e. The van der Waals surface area contributed by atoms with E-state index in [-0.39, 0.29) is 12.5 Å². The van der Waals surface area contributed by atoms with E-state index in [0.717, 1.165) is 17.5 Å². The lowest BCUT2D eigenvalue weighted by Crippen LogP contribution is -2.54. The zero-order valence-corrected chi connectivity index (χ0v) is 17.9. The molecule has 166 valence electrons. The topological polar surface area (TPSA) is 121 Å². The Labute approximate surface area is 181 Å². The van der Waals surface area contributed by atoms with E-state index in [4.69, 9.17) is 4.84 Å². The summed E-state index contributed by atoms with van der Waals surface area (Å²) in [4.78, 5) is 40.6. The lowest BCUT2D eigenvalue weighted by Gasteiger charge is -2.15. The third kappa shape index (κ3) is 8.75. The second kappa shape index (κ2) is 12.2. The van der Waals surface area contributed by atoms with E-state index in [2.05, 4.69) is 41.0 Å². The van der Waals surface area contributed by atoms with Gasteiger partial charge in [-0.15, -0.1) is 0 Å². The van der Waals surface area contributed by atoms with Crippen molar-refractivity contribution in [1.82, 2.24) is 27.2 Å². The number of hydrazine groups is 2. The Kier molecular flexibility index (Phi) is 9.31.